The topological polar surface area (TPSA) is 46.5 Å². The first-order chi connectivity index (χ1) is 13.8. The molecule has 6 heteroatoms. The Labute approximate surface area is 165 Å². The van der Waals surface area contributed by atoms with Crippen molar-refractivity contribution < 1.29 is 27.8 Å². The fraction of sp³-hybridized carbons (Fsp3) is 0.174. The van der Waals surface area contributed by atoms with Crippen molar-refractivity contribution in [2.45, 2.75) is 18.7 Å². The average molecular weight is 398 g/mol. The number of hydrogen-bond donors (Lipinski definition) is 1. The maximum atomic E-state index is 14.0. The lowest BCUT2D eigenvalue weighted by atomic mass is 9.88. The van der Waals surface area contributed by atoms with Gasteiger partial charge in [0.2, 0.25) is 5.60 Å². The molecule has 148 valence electrons. The molecule has 0 amide bonds. The van der Waals surface area contributed by atoms with Crippen LogP contribution in [-0.2, 0) is 10.3 Å². The number of fused-ring (bicyclic) bond motifs is 3. The normalized spacial score (nSPS) is 17.6. The smallest absolute Gasteiger partial charge is 0.425 e. The lowest BCUT2D eigenvalue weighted by Gasteiger charge is -2.28. The molecule has 29 heavy (non-hydrogen) atoms. The Kier molecular flexibility index (Phi) is 4.46. The van der Waals surface area contributed by atoms with E-state index in [1.165, 1.54) is 18.2 Å². The van der Waals surface area contributed by atoms with Gasteiger partial charge in [-0.3, -0.25) is 0 Å². The molecule has 0 radical (unpaired) electrons. The fourth-order valence-electron chi connectivity index (χ4n) is 3.85. The van der Waals surface area contributed by atoms with Crippen LogP contribution in [0.1, 0.15) is 28.4 Å². The highest BCUT2D eigenvalue weighted by Gasteiger charge is 2.60. The van der Waals surface area contributed by atoms with Crippen molar-refractivity contribution in [1.82, 2.24) is 0 Å². The summed E-state index contributed by atoms with van der Waals surface area (Å²) in [6.07, 6.45) is -4.91. The average Bonchev–Trinajstić information content (AvgIpc) is 2.98. The van der Waals surface area contributed by atoms with Crippen LogP contribution >= 0.6 is 0 Å². The molecule has 0 heterocycles. The van der Waals surface area contributed by atoms with Crippen molar-refractivity contribution in [2.75, 3.05) is 6.61 Å². The van der Waals surface area contributed by atoms with Gasteiger partial charge in [-0.1, -0.05) is 54.6 Å². The molecule has 0 fully saturated rings. The number of ether oxygens (including phenoxy) is 1. The van der Waals surface area contributed by atoms with E-state index in [0.29, 0.717) is 22.3 Å². The molecule has 4 rings (SSSR count). The minimum Gasteiger partial charge on any atom is -0.462 e. The van der Waals surface area contributed by atoms with Gasteiger partial charge in [0.05, 0.1) is 12.2 Å². The van der Waals surface area contributed by atoms with Crippen LogP contribution in [-0.4, -0.2) is 23.9 Å². The standard InChI is InChI=1S/C23H17F3O3/c1-2-29-21(27)18-9-4-3-7-15(18)14-11-12-17-16-8-5-6-10-19(16)22(28,20(17)13-14)23(24,25)26/h3-13,28H,2H2,1H3. The summed E-state index contributed by atoms with van der Waals surface area (Å²) in [5, 5.41) is 10.8. The lowest BCUT2D eigenvalue weighted by Crippen LogP contribution is -2.41. The minimum atomic E-state index is -4.91. The predicted molar refractivity (Wildman–Crippen MR) is 102 cm³/mol. The SMILES string of the molecule is CCOC(=O)c1ccccc1-c1ccc2c(c1)C(O)(C(F)(F)F)c1ccccc1-2. The first kappa shape index (κ1) is 19.2. The summed E-state index contributed by atoms with van der Waals surface area (Å²) in [6, 6.07) is 17.0. The molecule has 3 aromatic rings. The van der Waals surface area contributed by atoms with Crippen molar-refractivity contribution >= 4 is 5.97 Å². The van der Waals surface area contributed by atoms with Gasteiger partial charge in [0, 0.05) is 11.1 Å². The summed E-state index contributed by atoms with van der Waals surface area (Å²) in [4.78, 5) is 12.3. The Balaban J connectivity index is 1.94. The Morgan fingerprint density at radius 3 is 2.24 bits per heavy atom. The number of alkyl halides is 3. The van der Waals surface area contributed by atoms with Gasteiger partial charge < -0.3 is 9.84 Å². The van der Waals surface area contributed by atoms with E-state index in [1.807, 2.05) is 0 Å². The Morgan fingerprint density at radius 2 is 1.55 bits per heavy atom. The molecule has 1 aliphatic rings. The van der Waals surface area contributed by atoms with E-state index in [9.17, 15) is 23.1 Å². The second-order valence-electron chi connectivity index (χ2n) is 6.78. The monoisotopic (exact) mass is 398 g/mol. The van der Waals surface area contributed by atoms with Gasteiger partial charge in [-0.2, -0.15) is 13.2 Å². The number of aliphatic hydroxyl groups is 1. The molecule has 1 atom stereocenters. The van der Waals surface area contributed by atoms with Gasteiger partial charge in [-0.25, -0.2) is 4.79 Å². The maximum Gasteiger partial charge on any atom is 0.425 e. The number of halogens is 3. The molecule has 0 bridgehead atoms. The Hall–Kier alpha value is -3.12. The second-order valence-corrected chi connectivity index (χ2v) is 6.78. The van der Waals surface area contributed by atoms with Crippen LogP contribution in [0.15, 0.2) is 66.7 Å². The summed E-state index contributed by atoms with van der Waals surface area (Å²) in [5.41, 5.74) is -1.82. The highest BCUT2D eigenvalue weighted by atomic mass is 19.4. The molecule has 0 spiro atoms. The third kappa shape index (κ3) is 2.83. The van der Waals surface area contributed by atoms with E-state index < -0.39 is 17.7 Å². The van der Waals surface area contributed by atoms with Crippen molar-refractivity contribution in [3.8, 4) is 22.3 Å². The Morgan fingerprint density at radius 1 is 0.931 bits per heavy atom. The predicted octanol–water partition coefficient (Wildman–Crippen LogP) is 5.31. The van der Waals surface area contributed by atoms with Crippen LogP contribution in [0.5, 0.6) is 0 Å². The first-order valence-electron chi connectivity index (χ1n) is 9.09. The van der Waals surface area contributed by atoms with Crippen molar-refractivity contribution in [1.29, 1.82) is 0 Å². The van der Waals surface area contributed by atoms with E-state index >= 15 is 0 Å². The molecule has 3 aromatic carbocycles. The van der Waals surface area contributed by atoms with Crippen LogP contribution in [0.2, 0.25) is 0 Å². The molecular formula is C23H17F3O3. The van der Waals surface area contributed by atoms with Gasteiger partial charge in [-0.05, 0) is 41.3 Å². The van der Waals surface area contributed by atoms with E-state index in [0.717, 1.165) is 0 Å². The minimum absolute atomic E-state index is 0.181. The van der Waals surface area contributed by atoms with E-state index in [1.54, 1.807) is 55.5 Å². The van der Waals surface area contributed by atoms with E-state index in [4.69, 9.17) is 4.74 Å². The Bertz CT molecular complexity index is 1100. The largest absolute Gasteiger partial charge is 0.462 e. The number of benzene rings is 3. The molecule has 1 N–H and O–H groups in total. The van der Waals surface area contributed by atoms with Gasteiger partial charge >= 0.3 is 12.1 Å². The van der Waals surface area contributed by atoms with Crippen LogP contribution in [0.3, 0.4) is 0 Å². The zero-order chi connectivity index (χ0) is 20.8. The van der Waals surface area contributed by atoms with Crippen molar-refractivity contribution in [3.05, 3.63) is 83.4 Å². The summed E-state index contributed by atoms with van der Waals surface area (Å²) in [5.74, 6) is -0.557. The number of rotatable bonds is 3. The zero-order valence-electron chi connectivity index (χ0n) is 15.5. The number of hydrogen-bond acceptors (Lipinski definition) is 3. The van der Waals surface area contributed by atoms with Gasteiger partial charge in [0.1, 0.15) is 0 Å². The highest BCUT2D eigenvalue weighted by molar-refractivity contribution is 5.98. The highest BCUT2D eigenvalue weighted by Crippen LogP contribution is 2.55. The molecule has 0 aromatic heterocycles. The van der Waals surface area contributed by atoms with E-state index in [-0.39, 0.29) is 23.3 Å². The van der Waals surface area contributed by atoms with Crippen molar-refractivity contribution in [2.24, 2.45) is 0 Å². The van der Waals surface area contributed by atoms with Crippen LogP contribution in [0, 0.1) is 0 Å². The van der Waals surface area contributed by atoms with Crippen molar-refractivity contribution in [3.63, 3.8) is 0 Å². The summed E-state index contributed by atoms with van der Waals surface area (Å²) >= 11 is 0. The molecule has 1 unspecified atom stereocenters. The third-order valence-electron chi connectivity index (χ3n) is 5.16. The fourth-order valence-corrected chi connectivity index (χ4v) is 3.85. The van der Waals surface area contributed by atoms with Gasteiger partial charge in [-0.15, -0.1) is 0 Å². The van der Waals surface area contributed by atoms with Crippen LogP contribution in [0.4, 0.5) is 13.2 Å². The summed E-state index contributed by atoms with van der Waals surface area (Å²) < 4.78 is 47.1. The molecular weight excluding hydrogens is 381 g/mol. The second kappa shape index (κ2) is 6.74. The van der Waals surface area contributed by atoms with E-state index in [2.05, 4.69) is 0 Å². The summed E-state index contributed by atoms with van der Waals surface area (Å²) in [6.45, 7) is 1.86. The lowest BCUT2D eigenvalue weighted by molar-refractivity contribution is -0.246. The quantitative estimate of drug-likeness (QED) is 0.609. The number of esters is 1. The van der Waals surface area contributed by atoms with Gasteiger partial charge in [0.15, 0.2) is 0 Å². The molecule has 3 nitrogen and oxygen atoms in total. The van der Waals surface area contributed by atoms with Crippen LogP contribution in [0.25, 0.3) is 22.3 Å². The molecule has 0 saturated carbocycles. The maximum absolute atomic E-state index is 14.0. The van der Waals surface area contributed by atoms with Crippen LogP contribution < -0.4 is 0 Å². The molecule has 0 saturated heterocycles. The molecule has 1 aliphatic carbocycles. The zero-order valence-corrected chi connectivity index (χ0v) is 15.5. The third-order valence-corrected chi connectivity index (χ3v) is 5.16. The van der Waals surface area contributed by atoms with Gasteiger partial charge in [0.25, 0.3) is 0 Å². The summed E-state index contributed by atoms with van der Waals surface area (Å²) in [7, 11) is 0. The number of carbonyl (C=O) groups is 1. The first-order valence-corrected chi connectivity index (χ1v) is 9.09. The molecule has 0 aliphatic heterocycles. The number of carbonyl (C=O) groups excluding carboxylic acids is 1.